The molecule has 0 radical (unpaired) electrons. The highest BCUT2D eigenvalue weighted by Crippen LogP contribution is 2.13. The predicted octanol–water partition coefficient (Wildman–Crippen LogP) is 1.52. The molecule has 0 aromatic carbocycles. The number of thiophene rings is 1. The van der Waals surface area contributed by atoms with Crippen LogP contribution in [0, 0.1) is 6.92 Å². The van der Waals surface area contributed by atoms with Crippen LogP contribution in [0.2, 0.25) is 0 Å². The van der Waals surface area contributed by atoms with Crippen LogP contribution in [0.1, 0.15) is 13.2 Å². The molecule has 0 saturated carbocycles. The summed E-state index contributed by atoms with van der Waals surface area (Å²) in [5.41, 5.74) is 6.17. The summed E-state index contributed by atoms with van der Waals surface area (Å²) in [6.07, 6.45) is 0. The van der Waals surface area contributed by atoms with Crippen LogP contribution in [0.15, 0.2) is 11.4 Å². The van der Waals surface area contributed by atoms with Gasteiger partial charge in [-0.2, -0.15) is 0 Å². The van der Waals surface area contributed by atoms with Gasteiger partial charge in [-0.3, -0.25) is 0 Å². The maximum absolute atomic E-state index is 7.19. The highest BCUT2D eigenvalue weighted by molar-refractivity contribution is 7.10. The molecule has 1 heterocycles. The molecule has 8 heavy (non-hydrogen) atoms. The van der Waals surface area contributed by atoms with E-state index < -0.39 is 6.50 Å². The molecule has 44 valence electrons. The Morgan fingerprint density at radius 3 is 3.00 bits per heavy atom. The molecule has 0 amide bonds. The summed E-state index contributed by atoms with van der Waals surface area (Å²) in [7, 11) is 0. The normalized spacial score (nSPS) is 15.2. The van der Waals surface area contributed by atoms with Crippen molar-refractivity contribution in [2.45, 2.75) is 13.4 Å². The monoisotopic (exact) mass is 129 g/mol. The summed E-state index contributed by atoms with van der Waals surface area (Å²) in [6.45, 7) is 0.189. The van der Waals surface area contributed by atoms with Gasteiger partial charge in [-0.05, 0) is 23.9 Å². The standard InChI is InChI=1S/C6H9NS/c1-5-2-3-8-6(5)4-7/h2-3H,4,7H2,1H3/i4D2. The predicted molar refractivity (Wildman–Crippen MR) is 36.9 cm³/mol. The molecule has 1 aromatic heterocycles. The van der Waals surface area contributed by atoms with Gasteiger partial charge >= 0.3 is 0 Å². The summed E-state index contributed by atoms with van der Waals surface area (Å²) in [4.78, 5) is 0.618. The summed E-state index contributed by atoms with van der Waals surface area (Å²) in [5, 5.41) is 1.84. The summed E-state index contributed by atoms with van der Waals surface area (Å²) in [6, 6.07) is 1.87. The molecule has 0 spiro atoms. The number of nitrogens with two attached hydrogens (primary N) is 1. The van der Waals surface area contributed by atoms with E-state index in [0.29, 0.717) is 4.88 Å². The van der Waals surface area contributed by atoms with Crippen LogP contribution in [0.5, 0.6) is 0 Å². The molecule has 0 aliphatic carbocycles. The molecule has 2 heteroatoms. The van der Waals surface area contributed by atoms with Crippen molar-refractivity contribution in [2.75, 3.05) is 0 Å². The molecule has 2 N–H and O–H groups in total. The Kier molecular flexibility index (Phi) is 1.04. The molecule has 0 aliphatic rings. The minimum Gasteiger partial charge on any atom is -0.326 e. The zero-order chi connectivity index (χ0) is 7.78. The number of hydrogen-bond donors (Lipinski definition) is 1. The second kappa shape index (κ2) is 2.29. The fourth-order valence-electron chi connectivity index (χ4n) is 0.521. The minimum absolute atomic E-state index is 0.618. The highest BCUT2D eigenvalue weighted by atomic mass is 32.1. The first kappa shape index (κ1) is 3.64. The van der Waals surface area contributed by atoms with Crippen LogP contribution in [0.25, 0.3) is 0 Å². The Bertz CT molecular complexity index is 226. The van der Waals surface area contributed by atoms with Crippen molar-refractivity contribution in [1.82, 2.24) is 0 Å². The quantitative estimate of drug-likeness (QED) is 0.611. The van der Waals surface area contributed by atoms with Gasteiger partial charge in [0, 0.05) is 14.1 Å². The van der Waals surface area contributed by atoms with Crippen molar-refractivity contribution in [3.8, 4) is 0 Å². The van der Waals surface area contributed by atoms with Crippen molar-refractivity contribution in [2.24, 2.45) is 5.73 Å². The van der Waals surface area contributed by atoms with Crippen LogP contribution in [-0.4, -0.2) is 0 Å². The largest absolute Gasteiger partial charge is 0.326 e. The maximum atomic E-state index is 7.19. The molecule has 0 bridgehead atoms. The molecule has 1 rings (SSSR count). The average Bonchev–Trinajstić information content (AvgIpc) is 2.11. The first-order chi connectivity index (χ1) is 4.52. The van der Waals surface area contributed by atoms with Gasteiger partial charge < -0.3 is 5.73 Å². The Morgan fingerprint density at radius 1 is 2.00 bits per heavy atom. The van der Waals surface area contributed by atoms with E-state index in [1.54, 1.807) is 0 Å². The third-order valence-corrected chi connectivity index (χ3v) is 1.94. The summed E-state index contributed by atoms with van der Waals surface area (Å²) < 4.78 is 14.4. The van der Waals surface area contributed by atoms with E-state index in [0.717, 1.165) is 5.56 Å². The van der Waals surface area contributed by atoms with Crippen LogP contribution in [0.3, 0.4) is 0 Å². The van der Waals surface area contributed by atoms with Crippen LogP contribution >= 0.6 is 11.3 Å². The minimum atomic E-state index is -1.67. The molecule has 0 atom stereocenters. The van der Waals surface area contributed by atoms with Gasteiger partial charge in [0.1, 0.15) is 0 Å². The van der Waals surface area contributed by atoms with Gasteiger partial charge in [0.15, 0.2) is 0 Å². The van der Waals surface area contributed by atoms with Gasteiger partial charge in [-0.15, -0.1) is 11.3 Å². The zero-order valence-corrected chi connectivity index (χ0v) is 5.46. The Balaban J connectivity index is 3.05. The molecule has 0 aliphatic heterocycles. The lowest BCUT2D eigenvalue weighted by Gasteiger charge is -1.88. The second-order valence-electron chi connectivity index (χ2n) is 1.58. The number of rotatable bonds is 1. The SMILES string of the molecule is [2H]C([2H])(N)c1sccc1C. The van der Waals surface area contributed by atoms with E-state index in [9.17, 15) is 0 Å². The molecule has 0 fully saturated rings. The fourth-order valence-corrected chi connectivity index (χ4v) is 1.25. The van der Waals surface area contributed by atoms with E-state index in [1.807, 2.05) is 18.4 Å². The van der Waals surface area contributed by atoms with Gasteiger partial charge in [-0.1, -0.05) is 0 Å². The summed E-state index contributed by atoms with van der Waals surface area (Å²) in [5.74, 6) is 0. The Hall–Kier alpha value is -0.340. The van der Waals surface area contributed by atoms with Crippen molar-refractivity contribution in [3.05, 3.63) is 21.9 Å². The van der Waals surface area contributed by atoms with Gasteiger partial charge in [0.2, 0.25) is 0 Å². The molecular weight excluding hydrogens is 118 g/mol. The van der Waals surface area contributed by atoms with E-state index in [-0.39, 0.29) is 0 Å². The third kappa shape index (κ3) is 0.904. The van der Waals surface area contributed by atoms with E-state index in [2.05, 4.69) is 0 Å². The van der Waals surface area contributed by atoms with E-state index in [1.165, 1.54) is 11.3 Å². The molecule has 0 saturated heterocycles. The molecule has 1 nitrogen and oxygen atoms in total. The molecule has 1 aromatic rings. The topological polar surface area (TPSA) is 26.0 Å². The maximum Gasteiger partial charge on any atom is 0.0485 e. The third-order valence-electron chi connectivity index (χ3n) is 0.993. The number of aryl methyl sites for hydroxylation is 1. The molecule has 0 unspecified atom stereocenters. The fraction of sp³-hybridized carbons (Fsp3) is 0.333. The lowest BCUT2D eigenvalue weighted by atomic mass is 10.3. The zero-order valence-electron chi connectivity index (χ0n) is 6.64. The van der Waals surface area contributed by atoms with Crippen molar-refractivity contribution in [3.63, 3.8) is 0 Å². The van der Waals surface area contributed by atoms with Crippen molar-refractivity contribution >= 4 is 11.3 Å². The van der Waals surface area contributed by atoms with Gasteiger partial charge in [0.25, 0.3) is 0 Å². The van der Waals surface area contributed by atoms with E-state index >= 15 is 0 Å². The first-order valence-electron chi connectivity index (χ1n) is 3.35. The average molecular weight is 129 g/mol. The van der Waals surface area contributed by atoms with Crippen LogP contribution < -0.4 is 5.73 Å². The van der Waals surface area contributed by atoms with Crippen LogP contribution in [0.4, 0.5) is 0 Å². The summed E-state index contributed by atoms with van der Waals surface area (Å²) >= 11 is 1.36. The second-order valence-corrected chi connectivity index (χ2v) is 2.49. The smallest absolute Gasteiger partial charge is 0.0485 e. The molecular formula is C6H9NS. The van der Waals surface area contributed by atoms with Gasteiger partial charge in [0.05, 0.1) is 0 Å². The number of hydrogen-bond acceptors (Lipinski definition) is 2. The Labute approximate surface area is 56.0 Å². The van der Waals surface area contributed by atoms with E-state index in [4.69, 9.17) is 8.48 Å². The van der Waals surface area contributed by atoms with Crippen LogP contribution in [-0.2, 0) is 6.50 Å². The van der Waals surface area contributed by atoms with Crippen molar-refractivity contribution < 1.29 is 2.74 Å². The lowest BCUT2D eigenvalue weighted by molar-refractivity contribution is 1.09. The van der Waals surface area contributed by atoms with Gasteiger partial charge in [-0.25, -0.2) is 0 Å². The first-order valence-corrected chi connectivity index (χ1v) is 3.23. The highest BCUT2D eigenvalue weighted by Gasteiger charge is 1.92. The Morgan fingerprint density at radius 2 is 2.75 bits per heavy atom. The van der Waals surface area contributed by atoms with Crippen molar-refractivity contribution in [1.29, 1.82) is 0 Å². The lowest BCUT2D eigenvalue weighted by Crippen LogP contribution is -1.93.